The smallest absolute Gasteiger partial charge is 0.219 e. The molecule has 1 heterocycles. The van der Waals surface area contributed by atoms with Crippen molar-refractivity contribution in [2.75, 3.05) is 0 Å². The quantitative estimate of drug-likeness (QED) is 0.784. The molecule has 0 amide bonds. The molecule has 0 atom stereocenters. The Morgan fingerprint density at radius 1 is 1.11 bits per heavy atom. The van der Waals surface area contributed by atoms with E-state index in [0.29, 0.717) is 5.88 Å². The predicted molar refractivity (Wildman–Crippen MR) is 77.2 cm³/mol. The highest BCUT2D eigenvalue weighted by atomic mass is 79.9. The largest absolute Gasteiger partial charge is 0.439 e. The van der Waals surface area contributed by atoms with Crippen LogP contribution in [0.3, 0.4) is 0 Å². The Bertz CT molecular complexity index is 529. The van der Waals surface area contributed by atoms with Crippen LogP contribution in [0.2, 0.25) is 0 Å². The summed E-state index contributed by atoms with van der Waals surface area (Å²) in [5, 5.41) is 0. The molecule has 3 heteroatoms. The van der Waals surface area contributed by atoms with Crippen molar-refractivity contribution < 1.29 is 4.74 Å². The average molecular weight is 306 g/mol. The molecule has 0 saturated heterocycles. The maximum atomic E-state index is 5.69. The van der Waals surface area contributed by atoms with Crippen molar-refractivity contribution in [3.63, 3.8) is 0 Å². The Balaban J connectivity index is 2.16. The lowest BCUT2D eigenvalue weighted by Gasteiger charge is -2.18. The Labute approximate surface area is 116 Å². The highest BCUT2D eigenvalue weighted by molar-refractivity contribution is 9.10. The molecule has 0 aliphatic carbocycles. The monoisotopic (exact) mass is 305 g/mol. The van der Waals surface area contributed by atoms with Crippen LogP contribution in [0, 0.1) is 0 Å². The predicted octanol–water partition coefficient (Wildman–Crippen LogP) is 4.93. The summed E-state index contributed by atoms with van der Waals surface area (Å²) >= 11 is 3.41. The first-order valence-corrected chi connectivity index (χ1v) is 6.64. The fraction of sp³-hybridized carbons (Fsp3) is 0.267. The molecule has 1 aromatic heterocycles. The third kappa shape index (κ3) is 3.33. The number of nitrogens with zero attached hydrogens (tertiary/aromatic N) is 1. The van der Waals surface area contributed by atoms with E-state index in [9.17, 15) is 0 Å². The van der Waals surface area contributed by atoms with E-state index in [2.05, 4.69) is 47.8 Å². The van der Waals surface area contributed by atoms with Crippen molar-refractivity contribution in [1.29, 1.82) is 0 Å². The summed E-state index contributed by atoms with van der Waals surface area (Å²) in [7, 11) is 0. The zero-order valence-corrected chi connectivity index (χ0v) is 12.4. The first kappa shape index (κ1) is 13.1. The van der Waals surface area contributed by atoms with E-state index in [-0.39, 0.29) is 5.41 Å². The lowest BCUT2D eigenvalue weighted by Crippen LogP contribution is -2.11. The third-order valence-electron chi connectivity index (χ3n) is 2.62. The van der Waals surface area contributed by atoms with E-state index in [1.807, 2.05) is 36.5 Å². The number of aromatic nitrogens is 1. The van der Waals surface area contributed by atoms with E-state index >= 15 is 0 Å². The van der Waals surface area contributed by atoms with Gasteiger partial charge in [0.15, 0.2) is 0 Å². The van der Waals surface area contributed by atoms with E-state index in [4.69, 9.17) is 4.74 Å². The second-order valence-corrected chi connectivity index (χ2v) is 6.11. The normalized spacial score (nSPS) is 11.3. The fourth-order valence-electron chi connectivity index (χ4n) is 1.54. The number of rotatable bonds is 2. The number of hydrogen-bond donors (Lipinski definition) is 0. The molecule has 18 heavy (non-hydrogen) atoms. The van der Waals surface area contributed by atoms with Crippen molar-refractivity contribution in [1.82, 2.24) is 4.98 Å². The van der Waals surface area contributed by atoms with Crippen LogP contribution in [-0.4, -0.2) is 4.98 Å². The van der Waals surface area contributed by atoms with Crippen molar-refractivity contribution in [2.24, 2.45) is 0 Å². The van der Waals surface area contributed by atoms with Crippen LogP contribution in [0.5, 0.6) is 11.6 Å². The molecule has 2 aromatic rings. The summed E-state index contributed by atoms with van der Waals surface area (Å²) in [5.74, 6) is 1.39. The van der Waals surface area contributed by atoms with Crippen molar-refractivity contribution in [3.05, 3.63) is 52.6 Å². The molecule has 0 radical (unpaired) electrons. The highest BCUT2D eigenvalue weighted by Crippen LogP contribution is 2.26. The van der Waals surface area contributed by atoms with Gasteiger partial charge >= 0.3 is 0 Å². The third-order valence-corrected chi connectivity index (χ3v) is 3.11. The number of ether oxygens (including phenoxy) is 1. The second-order valence-electron chi connectivity index (χ2n) is 5.19. The number of benzene rings is 1. The summed E-state index contributed by atoms with van der Waals surface area (Å²) in [6.07, 6.45) is 1.87. The maximum absolute atomic E-state index is 5.69. The molecule has 0 aliphatic rings. The Morgan fingerprint density at radius 3 is 2.44 bits per heavy atom. The van der Waals surface area contributed by atoms with Crippen LogP contribution in [0.1, 0.15) is 26.3 Å². The van der Waals surface area contributed by atoms with Gasteiger partial charge in [-0.3, -0.25) is 0 Å². The molecular weight excluding hydrogens is 290 g/mol. The van der Waals surface area contributed by atoms with Gasteiger partial charge in [0.2, 0.25) is 5.88 Å². The Hall–Kier alpha value is -1.35. The van der Waals surface area contributed by atoms with Crippen molar-refractivity contribution in [2.45, 2.75) is 26.2 Å². The van der Waals surface area contributed by atoms with Crippen LogP contribution in [0.15, 0.2) is 47.1 Å². The molecule has 0 N–H and O–H groups in total. The van der Waals surface area contributed by atoms with Crippen LogP contribution >= 0.6 is 15.9 Å². The maximum Gasteiger partial charge on any atom is 0.219 e. The minimum atomic E-state index is 0.112. The lowest BCUT2D eigenvalue weighted by molar-refractivity contribution is 0.460. The molecule has 0 fully saturated rings. The van der Waals surface area contributed by atoms with Gasteiger partial charge in [0.1, 0.15) is 5.75 Å². The summed E-state index contributed by atoms with van der Waals surface area (Å²) in [5.41, 5.74) is 1.31. The SMILES string of the molecule is CC(C)(C)c1ccc(Oc2cccc(Br)c2)nc1. The second kappa shape index (κ2) is 5.11. The van der Waals surface area contributed by atoms with Gasteiger partial charge in [0.25, 0.3) is 0 Å². The Morgan fingerprint density at radius 2 is 1.89 bits per heavy atom. The summed E-state index contributed by atoms with van der Waals surface area (Å²) < 4.78 is 6.68. The number of pyridine rings is 1. The van der Waals surface area contributed by atoms with E-state index < -0.39 is 0 Å². The molecule has 0 aliphatic heterocycles. The zero-order chi connectivity index (χ0) is 13.2. The highest BCUT2D eigenvalue weighted by Gasteiger charge is 2.13. The molecular formula is C15H16BrNO. The summed E-state index contributed by atoms with van der Waals surface area (Å²) in [6.45, 7) is 6.50. The van der Waals surface area contributed by atoms with Gasteiger partial charge in [-0.05, 0) is 29.2 Å². The van der Waals surface area contributed by atoms with Crippen LogP contribution < -0.4 is 4.74 Å². The van der Waals surface area contributed by atoms with Crippen LogP contribution in [0.4, 0.5) is 0 Å². The molecule has 0 bridgehead atoms. The fourth-order valence-corrected chi connectivity index (χ4v) is 1.91. The number of hydrogen-bond acceptors (Lipinski definition) is 2. The molecule has 0 unspecified atom stereocenters. The minimum absolute atomic E-state index is 0.112. The van der Waals surface area contributed by atoms with Gasteiger partial charge in [0, 0.05) is 16.7 Å². The van der Waals surface area contributed by atoms with Gasteiger partial charge in [-0.2, -0.15) is 0 Å². The van der Waals surface area contributed by atoms with E-state index in [1.54, 1.807) is 0 Å². The molecule has 2 rings (SSSR count). The lowest BCUT2D eigenvalue weighted by atomic mass is 9.88. The molecule has 0 spiro atoms. The van der Waals surface area contributed by atoms with Gasteiger partial charge in [0.05, 0.1) is 0 Å². The molecule has 1 aromatic carbocycles. The van der Waals surface area contributed by atoms with E-state index in [1.165, 1.54) is 5.56 Å². The van der Waals surface area contributed by atoms with Gasteiger partial charge < -0.3 is 4.74 Å². The first-order chi connectivity index (χ1) is 8.45. The summed E-state index contributed by atoms with van der Waals surface area (Å²) in [4.78, 5) is 4.33. The minimum Gasteiger partial charge on any atom is -0.439 e. The van der Waals surface area contributed by atoms with Gasteiger partial charge in [-0.25, -0.2) is 4.98 Å². The van der Waals surface area contributed by atoms with E-state index in [0.717, 1.165) is 10.2 Å². The molecule has 94 valence electrons. The van der Waals surface area contributed by atoms with Gasteiger partial charge in [-0.15, -0.1) is 0 Å². The average Bonchev–Trinajstić information content (AvgIpc) is 2.28. The van der Waals surface area contributed by atoms with Gasteiger partial charge in [-0.1, -0.05) is 48.8 Å². The first-order valence-electron chi connectivity index (χ1n) is 5.85. The standard InChI is InChI=1S/C15H16BrNO/c1-15(2,3)11-7-8-14(17-10-11)18-13-6-4-5-12(16)9-13/h4-10H,1-3H3. The zero-order valence-electron chi connectivity index (χ0n) is 10.8. The number of halogens is 1. The van der Waals surface area contributed by atoms with Crippen LogP contribution in [-0.2, 0) is 5.41 Å². The topological polar surface area (TPSA) is 22.1 Å². The van der Waals surface area contributed by atoms with Crippen molar-refractivity contribution >= 4 is 15.9 Å². The van der Waals surface area contributed by atoms with Crippen molar-refractivity contribution in [3.8, 4) is 11.6 Å². The summed E-state index contributed by atoms with van der Waals surface area (Å²) in [6, 6.07) is 11.7. The molecule has 0 saturated carbocycles. The molecule has 2 nitrogen and oxygen atoms in total. The Kier molecular flexibility index (Phi) is 3.71. The van der Waals surface area contributed by atoms with Crippen LogP contribution in [0.25, 0.3) is 0 Å².